The Hall–Kier alpha value is -3.06. The van der Waals surface area contributed by atoms with Gasteiger partial charge in [-0.1, -0.05) is 12.8 Å². The molecule has 3 aromatic rings. The van der Waals surface area contributed by atoms with E-state index in [2.05, 4.69) is 30.9 Å². The third-order valence-corrected chi connectivity index (χ3v) is 7.63. The van der Waals surface area contributed by atoms with Gasteiger partial charge < -0.3 is 23.7 Å². The average molecular weight is 506 g/mol. The Morgan fingerprint density at radius 2 is 1.95 bits per heavy atom. The number of methoxy groups -OCH3 is 1. The van der Waals surface area contributed by atoms with Gasteiger partial charge in [-0.05, 0) is 69.9 Å². The topological polar surface area (TPSA) is 68.0 Å². The van der Waals surface area contributed by atoms with Crippen LogP contribution in [0.15, 0.2) is 47.1 Å². The van der Waals surface area contributed by atoms with E-state index in [1.165, 1.54) is 12.8 Å². The zero-order valence-corrected chi connectivity index (χ0v) is 22.4. The number of hydrogen-bond acceptors (Lipinski definition) is 6. The summed E-state index contributed by atoms with van der Waals surface area (Å²) in [5.41, 5.74) is 1.69. The summed E-state index contributed by atoms with van der Waals surface area (Å²) in [6, 6.07) is 12.0. The van der Waals surface area contributed by atoms with Crippen molar-refractivity contribution in [3.8, 4) is 5.75 Å². The van der Waals surface area contributed by atoms with E-state index >= 15 is 0 Å². The second-order valence-electron chi connectivity index (χ2n) is 11.0. The van der Waals surface area contributed by atoms with Gasteiger partial charge in [0.05, 0.1) is 31.0 Å². The minimum atomic E-state index is -0.296. The number of aromatic nitrogens is 1. The molecule has 0 bridgehead atoms. The van der Waals surface area contributed by atoms with Gasteiger partial charge in [0, 0.05) is 49.2 Å². The molecular formula is C30H39N3O4. The lowest BCUT2D eigenvalue weighted by Gasteiger charge is -2.37. The maximum Gasteiger partial charge on any atom is 0.226 e. The van der Waals surface area contributed by atoms with E-state index in [0.717, 1.165) is 72.6 Å². The molecule has 1 atom stereocenters. The second-order valence-corrected chi connectivity index (χ2v) is 11.0. The molecule has 4 heterocycles. The highest BCUT2D eigenvalue weighted by Crippen LogP contribution is 2.33. The van der Waals surface area contributed by atoms with Gasteiger partial charge in [-0.2, -0.15) is 0 Å². The molecule has 7 nitrogen and oxygen atoms in total. The van der Waals surface area contributed by atoms with E-state index in [4.69, 9.17) is 18.9 Å². The largest absolute Gasteiger partial charge is 0.497 e. The number of fused-ring (bicyclic) bond motifs is 1. The number of anilines is 1. The predicted molar refractivity (Wildman–Crippen MR) is 145 cm³/mol. The molecule has 0 aliphatic carbocycles. The quantitative estimate of drug-likeness (QED) is 0.395. The normalized spacial score (nSPS) is 20.0. The molecule has 0 saturated carbocycles. The van der Waals surface area contributed by atoms with Crippen molar-refractivity contribution in [3.05, 3.63) is 54.0 Å². The van der Waals surface area contributed by atoms with Crippen molar-refractivity contribution in [2.24, 2.45) is 5.92 Å². The molecule has 2 aliphatic heterocycles. The lowest BCUT2D eigenvalue weighted by molar-refractivity contribution is -0.147. The van der Waals surface area contributed by atoms with Gasteiger partial charge in [-0.3, -0.25) is 4.79 Å². The molecule has 0 unspecified atom stereocenters. The summed E-state index contributed by atoms with van der Waals surface area (Å²) in [7, 11) is 1.68. The van der Waals surface area contributed by atoms with Gasteiger partial charge in [0.2, 0.25) is 5.91 Å². The number of carbonyl (C=O) groups is 1. The number of nitrogens with zero attached hydrogens (tertiary/aromatic N) is 3. The highest BCUT2D eigenvalue weighted by molar-refractivity contribution is 5.84. The minimum Gasteiger partial charge on any atom is -0.497 e. The number of amides is 1. The average Bonchev–Trinajstić information content (AvgIpc) is 3.26. The molecule has 1 amide bonds. The van der Waals surface area contributed by atoms with Gasteiger partial charge in [-0.25, -0.2) is 4.98 Å². The molecule has 0 N–H and O–H groups in total. The smallest absolute Gasteiger partial charge is 0.226 e. The maximum atomic E-state index is 14.0. The number of benzene rings is 1. The van der Waals surface area contributed by atoms with Crippen LogP contribution in [0.1, 0.15) is 63.7 Å². The first kappa shape index (κ1) is 25.6. The fourth-order valence-corrected chi connectivity index (χ4v) is 5.69. The Morgan fingerprint density at radius 3 is 2.65 bits per heavy atom. The lowest BCUT2D eigenvalue weighted by atomic mass is 9.87. The number of pyridine rings is 1. The SMILES string of the molecule is COc1ccc2cc(CN(Cc3ccco3)C(=O)[C@H]3CCOC(C)(C)C3)c(N3CCCCCC3)nc2c1. The first-order valence-electron chi connectivity index (χ1n) is 13.6. The molecule has 37 heavy (non-hydrogen) atoms. The predicted octanol–water partition coefficient (Wildman–Crippen LogP) is 5.95. The van der Waals surface area contributed by atoms with Crippen LogP contribution in [-0.4, -0.2) is 48.2 Å². The monoisotopic (exact) mass is 505 g/mol. The molecule has 0 spiro atoms. The van der Waals surface area contributed by atoms with Crippen LogP contribution in [0.3, 0.4) is 0 Å². The van der Waals surface area contributed by atoms with Gasteiger partial charge >= 0.3 is 0 Å². The molecule has 198 valence electrons. The zero-order chi connectivity index (χ0) is 25.8. The van der Waals surface area contributed by atoms with E-state index < -0.39 is 0 Å². The Balaban J connectivity index is 1.52. The summed E-state index contributed by atoms with van der Waals surface area (Å²) in [6.07, 6.45) is 7.93. The van der Waals surface area contributed by atoms with Gasteiger partial charge in [0.15, 0.2) is 0 Å². The van der Waals surface area contributed by atoms with Crippen molar-refractivity contribution in [2.45, 2.75) is 71.1 Å². The second kappa shape index (κ2) is 11.1. The van der Waals surface area contributed by atoms with Crippen LogP contribution < -0.4 is 9.64 Å². The van der Waals surface area contributed by atoms with Crippen LogP contribution >= 0.6 is 0 Å². The maximum absolute atomic E-state index is 14.0. The van der Waals surface area contributed by atoms with Crippen molar-refractivity contribution in [3.63, 3.8) is 0 Å². The molecule has 1 aromatic carbocycles. The summed E-state index contributed by atoms with van der Waals surface area (Å²) in [5.74, 6) is 2.65. The molecule has 2 aliphatic rings. The number of carbonyl (C=O) groups excluding carboxylic acids is 1. The van der Waals surface area contributed by atoms with Crippen LogP contribution in [0.25, 0.3) is 10.9 Å². The Kier molecular flexibility index (Phi) is 7.70. The summed E-state index contributed by atoms with van der Waals surface area (Å²) in [5, 5.41) is 1.05. The molecule has 2 saturated heterocycles. The fourth-order valence-electron chi connectivity index (χ4n) is 5.69. The van der Waals surface area contributed by atoms with E-state index in [-0.39, 0.29) is 17.4 Å². The van der Waals surface area contributed by atoms with E-state index in [1.807, 2.05) is 29.2 Å². The van der Waals surface area contributed by atoms with Crippen molar-refractivity contribution < 1.29 is 18.7 Å². The number of furan rings is 1. The van der Waals surface area contributed by atoms with E-state index in [0.29, 0.717) is 19.7 Å². The van der Waals surface area contributed by atoms with Crippen molar-refractivity contribution >= 4 is 22.6 Å². The molecule has 5 rings (SSSR count). The van der Waals surface area contributed by atoms with Gasteiger partial charge in [0.25, 0.3) is 0 Å². The molecule has 0 radical (unpaired) electrons. The van der Waals surface area contributed by atoms with Gasteiger partial charge in [0.1, 0.15) is 17.3 Å². The third-order valence-electron chi connectivity index (χ3n) is 7.63. The Morgan fingerprint density at radius 1 is 1.14 bits per heavy atom. The Labute approximate surface area is 219 Å². The summed E-state index contributed by atoms with van der Waals surface area (Å²) >= 11 is 0. The summed E-state index contributed by atoms with van der Waals surface area (Å²) in [6.45, 7) is 7.63. The van der Waals surface area contributed by atoms with Crippen molar-refractivity contribution in [1.82, 2.24) is 9.88 Å². The van der Waals surface area contributed by atoms with E-state index in [9.17, 15) is 4.79 Å². The van der Waals surface area contributed by atoms with Crippen LogP contribution in [0.4, 0.5) is 5.82 Å². The first-order chi connectivity index (χ1) is 17.9. The van der Waals surface area contributed by atoms with Crippen LogP contribution in [0, 0.1) is 5.92 Å². The van der Waals surface area contributed by atoms with Crippen LogP contribution in [0.5, 0.6) is 5.75 Å². The summed E-state index contributed by atoms with van der Waals surface area (Å²) < 4.78 is 17.1. The van der Waals surface area contributed by atoms with Crippen LogP contribution in [-0.2, 0) is 22.6 Å². The highest BCUT2D eigenvalue weighted by Gasteiger charge is 2.35. The fraction of sp³-hybridized carbons (Fsp3) is 0.533. The Bertz CT molecular complexity index is 1200. The van der Waals surface area contributed by atoms with Crippen molar-refractivity contribution in [1.29, 1.82) is 0 Å². The molecule has 7 heteroatoms. The van der Waals surface area contributed by atoms with Crippen LogP contribution in [0.2, 0.25) is 0 Å². The zero-order valence-electron chi connectivity index (χ0n) is 22.4. The first-order valence-corrected chi connectivity index (χ1v) is 13.6. The van der Waals surface area contributed by atoms with Gasteiger partial charge in [-0.15, -0.1) is 0 Å². The number of hydrogen-bond donors (Lipinski definition) is 0. The molecule has 2 aromatic heterocycles. The van der Waals surface area contributed by atoms with Crippen molar-refractivity contribution in [2.75, 3.05) is 31.7 Å². The highest BCUT2D eigenvalue weighted by atomic mass is 16.5. The van der Waals surface area contributed by atoms with E-state index in [1.54, 1.807) is 13.4 Å². The minimum absolute atomic E-state index is 0.0713. The number of rotatable bonds is 7. The standard InChI is InChI=1S/C30H39N3O4/c1-30(2)19-23(12-16-37-30)29(34)33(21-26-9-8-15-36-26)20-24-17-22-10-11-25(35-3)18-27(22)31-28(24)32-13-6-4-5-7-14-32/h8-11,15,17-18,23H,4-7,12-14,16,19-21H2,1-3H3/t23-/m0/s1. The molecular weight excluding hydrogens is 466 g/mol. The number of ether oxygens (including phenoxy) is 2. The molecule has 2 fully saturated rings. The third kappa shape index (κ3) is 6.09. The lowest BCUT2D eigenvalue weighted by Crippen LogP contribution is -2.43. The summed E-state index contributed by atoms with van der Waals surface area (Å²) in [4.78, 5) is 23.5.